The predicted octanol–water partition coefficient (Wildman–Crippen LogP) is 4.40. The van der Waals surface area contributed by atoms with Gasteiger partial charge >= 0.3 is 0 Å². The molecule has 0 amide bonds. The zero-order valence-corrected chi connectivity index (χ0v) is 12.8. The minimum atomic E-state index is -0.299. The van der Waals surface area contributed by atoms with Gasteiger partial charge in [0.25, 0.3) is 0 Å². The van der Waals surface area contributed by atoms with E-state index in [-0.39, 0.29) is 6.04 Å². The van der Waals surface area contributed by atoms with Crippen LogP contribution in [-0.4, -0.2) is 0 Å². The summed E-state index contributed by atoms with van der Waals surface area (Å²) < 4.78 is 6.79. The van der Waals surface area contributed by atoms with Crippen LogP contribution in [0.5, 0.6) is 0 Å². The minimum absolute atomic E-state index is 0.299. The van der Waals surface area contributed by atoms with Crippen LogP contribution in [0, 0.1) is 0 Å². The van der Waals surface area contributed by atoms with E-state index in [4.69, 9.17) is 21.9 Å². The number of halogens is 2. The Hall–Kier alpha value is -1.33. The Kier molecular flexibility index (Phi) is 3.81. The molecule has 1 aromatic heterocycles. The van der Waals surface area contributed by atoms with Gasteiger partial charge in [0.1, 0.15) is 17.4 Å². The molecule has 0 saturated heterocycles. The summed E-state index contributed by atoms with van der Waals surface area (Å²) in [6, 6.07) is 15.1. The van der Waals surface area contributed by atoms with E-state index in [0.717, 1.165) is 26.8 Å². The molecule has 0 aliphatic carbocycles. The van der Waals surface area contributed by atoms with E-state index in [1.54, 1.807) is 0 Å². The van der Waals surface area contributed by atoms with Crippen LogP contribution >= 0.6 is 27.5 Å². The molecule has 102 valence electrons. The zero-order chi connectivity index (χ0) is 14.1. The van der Waals surface area contributed by atoms with Crippen LogP contribution in [0.15, 0.2) is 57.4 Å². The molecule has 0 aliphatic heterocycles. The van der Waals surface area contributed by atoms with Gasteiger partial charge in [-0.3, -0.25) is 5.84 Å². The summed E-state index contributed by atoms with van der Waals surface area (Å²) in [7, 11) is 0. The van der Waals surface area contributed by atoms with Crippen LogP contribution in [0.4, 0.5) is 0 Å². The summed E-state index contributed by atoms with van der Waals surface area (Å²) >= 11 is 9.70. The summed E-state index contributed by atoms with van der Waals surface area (Å²) in [6.45, 7) is 0. The summed E-state index contributed by atoms with van der Waals surface area (Å²) in [5, 5.41) is 1.67. The summed E-state index contributed by atoms with van der Waals surface area (Å²) in [5.74, 6) is 6.42. The number of furan rings is 1. The Bertz CT molecular complexity index is 723. The largest absolute Gasteiger partial charge is 0.459 e. The molecule has 0 saturated carbocycles. The van der Waals surface area contributed by atoms with Crippen molar-refractivity contribution in [3.05, 3.63) is 69.3 Å². The molecule has 0 fully saturated rings. The van der Waals surface area contributed by atoms with Crippen molar-refractivity contribution in [1.29, 1.82) is 0 Å². The third-order valence-corrected chi connectivity index (χ3v) is 4.00. The number of para-hydroxylation sites is 1. The molecule has 1 heterocycles. The molecule has 0 spiro atoms. The first-order valence-corrected chi connectivity index (χ1v) is 7.25. The van der Waals surface area contributed by atoms with E-state index in [0.29, 0.717) is 5.02 Å². The molecular formula is C15H12BrClN2O. The number of hydrazine groups is 1. The number of benzene rings is 2. The molecule has 3 nitrogen and oxygen atoms in total. The number of nitrogens with one attached hydrogen (secondary N) is 1. The Morgan fingerprint density at radius 1 is 1.15 bits per heavy atom. The highest BCUT2D eigenvalue weighted by molar-refractivity contribution is 9.10. The van der Waals surface area contributed by atoms with Crippen LogP contribution < -0.4 is 11.3 Å². The number of rotatable bonds is 3. The van der Waals surface area contributed by atoms with Crippen LogP contribution in [0.1, 0.15) is 17.4 Å². The Morgan fingerprint density at radius 2 is 1.95 bits per heavy atom. The van der Waals surface area contributed by atoms with Gasteiger partial charge in [0.2, 0.25) is 0 Å². The predicted molar refractivity (Wildman–Crippen MR) is 84.5 cm³/mol. The molecule has 3 aromatic rings. The number of fused-ring (bicyclic) bond motifs is 1. The first kappa shape index (κ1) is 13.6. The van der Waals surface area contributed by atoms with Gasteiger partial charge < -0.3 is 4.42 Å². The summed E-state index contributed by atoms with van der Waals surface area (Å²) in [4.78, 5) is 0. The third-order valence-electron chi connectivity index (χ3n) is 3.16. The SMILES string of the molecule is NNC(c1cc2ccccc2o1)c1cc(Br)ccc1Cl. The van der Waals surface area contributed by atoms with Crippen molar-refractivity contribution in [1.82, 2.24) is 5.43 Å². The maximum Gasteiger partial charge on any atom is 0.134 e. The lowest BCUT2D eigenvalue weighted by Gasteiger charge is -2.15. The van der Waals surface area contributed by atoms with Crippen molar-refractivity contribution in [3.8, 4) is 0 Å². The number of nitrogens with two attached hydrogens (primary N) is 1. The van der Waals surface area contributed by atoms with E-state index >= 15 is 0 Å². The number of hydrogen-bond donors (Lipinski definition) is 2. The van der Waals surface area contributed by atoms with Gasteiger partial charge in [-0.25, -0.2) is 5.43 Å². The Balaban J connectivity index is 2.11. The topological polar surface area (TPSA) is 51.2 Å². The summed E-state index contributed by atoms with van der Waals surface area (Å²) in [6.07, 6.45) is 0. The standard InChI is InChI=1S/C15H12BrClN2O/c16-10-5-6-12(17)11(8-10)15(19-18)14-7-9-3-1-2-4-13(9)20-14/h1-8,15,19H,18H2. The molecular weight excluding hydrogens is 340 g/mol. The third kappa shape index (κ3) is 2.47. The van der Waals surface area contributed by atoms with Gasteiger partial charge in [-0.05, 0) is 35.9 Å². The normalized spacial score (nSPS) is 12.8. The van der Waals surface area contributed by atoms with E-state index < -0.39 is 0 Å². The van der Waals surface area contributed by atoms with Crippen LogP contribution in [0.2, 0.25) is 5.02 Å². The van der Waals surface area contributed by atoms with Crippen LogP contribution in [-0.2, 0) is 0 Å². The fourth-order valence-corrected chi connectivity index (χ4v) is 2.81. The van der Waals surface area contributed by atoms with Gasteiger partial charge in [-0.2, -0.15) is 0 Å². The average molecular weight is 352 g/mol. The Labute approximate surface area is 129 Å². The first-order chi connectivity index (χ1) is 9.69. The molecule has 2 aromatic carbocycles. The second kappa shape index (κ2) is 5.58. The fourth-order valence-electron chi connectivity index (χ4n) is 2.21. The van der Waals surface area contributed by atoms with E-state index in [9.17, 15) is 0 Å². The Morgan fingerprint density at radius 3 is 2.70 bits per heavy atom. The lowest BCUT2D eigenvalue weighted by Crippen LogP contribution is -2.28. The van der Waals surface area contributed by atoms with Gasteiger partial charge in [-0.15, -0.1) is 0 Å². The molecule has 0 bridgehead atoms. The molecule has 0 aliphatic rings. The minimum Gasteiger partial charge on any atom is -0.459 e. The van der Waals surface area contributed by atoms with Crippen molar-refractivity contribution in [2.75, 3.05) is 0 Å². The fraction of sp³-hybridized carbons (Fsp3) is 0.0667. The average Bonchev–Trinajstić information content (AvgIpc) is 2.87. The molecule has 0 radical (unpaired) electrons. The second-order valence-electron chi connectivity index (χ2n) is 4.45. The van der Waals surface area contributed by atoms with Gasteiger partial charge in [0.05, 0.1) is 0 Å². The van der Waals surface area contributed by atoms with Crippen LogP contribution in [0.25, 0.3) is 11.0 Å². The summed E-state index contributed by atoms with van der Waals surface area (Å²) in [5.41, 5.74) is 4.46. The van der Waals surface area contributed by atoms with Gasteiger partial charge in [0, 0.05) is 14.9 Å². The van der Waals surface area contributed by atoms with Crippen molar-refractivity contribution in [2.45, 2.75) is 6.04 Å². The lowest BCUT2D eigenvalue weighted by atomic mass is 10.0. The highest BCUT2D eigenvalue weighted by Crippen LogP contribution is 2.33. The second-order valence-corrected chi connectivity index (χ2v) is 5.77. The molecule has 1 unspecified atom stereocenters. The van der Waals surface area contributed by atoms with Crippen LogP contribution in [0.3, 0.4) is 0 Å². The quantitative estimate of drug-likeness (QED) is 0.543. The molecule has 5 heteroatoms. The van der Waals surface area contributed by atoms with Gasteiger partial charge in [-0.1, -0.05) is 45.7 Å². The zero-order valence-electron chi connectivity index (χ0n) is 10.4. The van der Waals surface area contributed by atoms with E-state index in [2.05, 4.69) is 21.4 Å². The van der Waals surface area contributed by atoms with Crippen molar-refractivity contribution in [2.24, 2.45) is 5.84 Å². The van der Waals surface area contributed by atoms with Crippen molar-refractivity contribution < 1.29 is 4.42 Å². The lowest BCUT2D eigenvalue weighted by molar-refractivity contribution is 0.477. The smallest absolute Gasteiger partial charge is 0.134 e. The van der Waals surface area contributed by atoms with Gasteiger partial charge in [0.15, 0.2) is 0 Å². The van der Waals surface area contributed by atoms with Crippen molar-refractivity contribution >= 4 is 38.5 Å². The first-order valence-electron chi connectivity index (χ1n) is 6.08. The van der Waals surface area contributed by atoms with Crippen molar-refractivity contribution in [3.63, 3.8) is 0 Å². The number of hydrogen-bond acceptors (Lipinski definition) is 3. The molecule has 20 heavy (non-hydrogen) atoms. The highest BCUT2D eigenvalue weighted by atomic mass is 79.9. The maximum absolute atomic E-state index is 6.26. The van der Waals surface area contributed by atoms with E-state index in [1.165, 1.54) is 0 Å². The molecule has 3 N–H and O–H groups in total. The maximum atomic E-state index is 6.26. The molecule has 3 rings (SSSR count). The molecule has 1 atom stereocenters. The van der Waals surface area contributed by atoms with E-state index in [1.807, 2.05) is 48.5 Å². The monoisotopic (exact) mass is 350 g/mol. The highest BCUT2D eigenvalue weighted by Gasteiger charge is 2.20.